The van der Waals surface area contributed by atoms with Gasteiger partial charge in [-0.2, -0.15) is 0 Å². The van der Waals surface area contributed by atoms with Crippen LogP contribution in [0, 0.1) is 0 Å². The van der Waals surface area contributed by atoms with E-state index in [2.05, 4.69) is 22.4 Å². The largest absolute Gasteiger partial charge is 0.489 e. The second-order valence-electron chi connectivity index (χ2n) is 6.72. The molecule has 0 unspecified atom stereocenters. The van der Waals surface area contributed by atoms with E-state index in [1.54, 1.807) is 0 Å². The van der Waals surface area contributed by atoms with Crippen LogP contribution in [0.5, 0.6) is 5.75 Å². The van der Waals surface area contributed by atoms with Crippen LogP contribution >= 0.6 is 0 Å². The second kappa shape index (κ2) is 7.68. The highest BCUT2D eigenvalue weighted by Crippen LogP contribution is 2.39. The van der Waals surface area contributed by atoms with Gasteiger partial charge in [0.25, 0.3) is 0 Å². The van der Waals surface area contributed by atoms with Gasteiger partial charge in [0.1, 0.15) is 11.9 Å². The molecule has 1 N–H and O–H groups in total. The van der Waals surface area contributed by atoms with Crippen molar-refractivity contribution in [2.75, 3.05) is 0 Å². The van der Waals surface area contributed by atoms with Crippen molar-refractivity contribution in [2.45, 2.75) is 64.5 Å². The van der Waals surface area contributed by atoms with Crippen LogP contribution < -0.4 is 10.1 Å². The summed E-state index contributed by atoms with van der Waals surface area (Å²) in [5, 5.41) is 6.94. The molecule has 1 aliphatic carbocycles. The maximum absolute atomic E-state index is 11.1. The zero-order valence-corrected chi connectivity index (χ0v) is 15.0. The molecule has 0 aliphatic heterocycles. The number of nitrogens with zero attached hydrogens (tertiary/aromatic N) is 2. The first-order valence-corrected chi connectivity index (χ1v) is 8.90. The Labute approximate surface area is 148 Å². The number of aromatic nitrogens is 2. The molecule has 1 aliphatic rings. The lowest BCUT2D eigenvalue weighted by Gasteiger charge is -2.33. The van der Waals surface area contributed by atoms with Crippen LogP contribution in [0.1, 0.15) is 69.1 Å². The third-order valence-electron chi connectivity index (χ3n) is 4.51. The van der Waals surface area contributed by atoms with Crippen LogP contribution in [0.25, 0.3) is 0 Å². The molecule has 0 bridgehead atoms. The Hall–Kier alpha value is -2.37. The molecule has 0 spiro atoms. The van der Waals surface area contributed by atoms with Crippen molar-refractivity contribution >= 4 is 5.91 Å². The molecule has 3 rings (SSSR count). The van der Waals surface area contributed by atoms with Crippen molar-refractivity contribution in [2.24, 2.45) is 0 Å². The molecule has 2 aromatic heterocycles. The minimum atomic E-state index is -0.168. The normalized spacial score (nSPS) is 20.6. The van der Waals surface area contributed by atoms with Crippen LogP contribution in [0.2, 0.25) is 0 Å². The smallest absolute Gasteiger partial charge is 0.217 e. The average Bonchev–Trinajstić information content (AvgIpc) is 3.01. The van der Waals surface area contributed by atoms with Crippen LogP contribution in [0.15, 0.2) is 28.9 Å². The van der Waals surface area contributed by atoms with Gasteiger partial charge in [-0.15, -0.1) is 0 Å². The van der Waals surface area contributed by atoms with Gasteiger partial charge in [0.2, 0.25) is 5.91 Å². The van der Waals surface area contributed by atoms with Crippen molar-refractivity contribution < 1.29 is 14.1 Å². The SMILES string of the molecule is CCCc1ccc(OC2CC(c3cc([C@H](C)NC(C)=O)on3)C2)cn1. The molecule has 1 atom stereocenters. The van der Waals surface area contributed by atoms with E-state index >= 15 is 0 Å². The summed E-state index contributed by atoms with van der Waals surface area (Å²) in [7, 11) is 0. The molecule has 0 aromatic carbocycles. The van der Waals surface area contributed by atoms with E-state index in [1.165, 1.54) is 6.92 Å². The molecule has 6 heteroatoms. The zero-order chi connectivity index (χ0) is 17.8. The Balaban J connectivity index is 1.49. The lowest BCUT2D eigenvalue weighted by atomic mass is 9.80. The van der Waals surface area contributed by atoms with Gasteiger partial charge in [-0.1, -0.05) is 18.5 Å². The number of hydrogen-bond donors (Lipinski definition) is 1. The highest BCUT2D eigenvalue weighted by Gasteiger charge is 2.34. The van der Waals surface area contributed by atoms with E-state index in [0.29, 0.717) is 11.7 Å². The standard InChI is InChI=1S/C19H25N3O3/c1-4-5-15-6-7-16(11-20-15)24-17-8-14(9-17)18-10-19(25-22-18)12(2)21-13(3)23/h6-7,10-12,14,17H,4-5,8-9H2,1-3H3,(H,21,23)/t12-,14?,17?/m0/s1. The summed E-state index contributed by atoms with van der Waals surface area (Å²) < 4.78 is 11.3. The summed E-state index contributed by atoms with van der Waals surface area (Å²) in [4.78, 5) is 15.5. The lowest BCUT2D eigenvalue weighted by Crippen LogP contribution is -2.32. The average molecular weight is 343 g/mol. The second-order valence-corrected chi connectivity index (χ2v) is 6.72. The van der Waals surface area contributed by atoms with Crippen molar-refractivity contribution in [3.63, 3.8) is 0 Å². The predicted molar refractivity (Wildman–Crippen MR) is 93.4 cm³/mol. The van der Waals surface area contributed by atoms with Crippen molar-refractivity contribution in [3.8, 4) is 5.75 Å². The monoisotopic (exact) mass is 343 g/mol. The molecule has 1 fully saturated rings. The minimum Gasteiger partial charge on any atom is -0.489 e. The Morgan fingerprint density at radius 1 is 1.44 bits per heavy atom. The Morgan fingerprint density at radius 3 is 2.88 bits per heavy atom. The van der Waals surface area contributed by atoms with E-state index in [1.807, 2.05) is 31.3 Å². The van der Waals surface area contributed by atoms with Gasteiger partial charge < -0.3 is 14.6 Å². The number of nitrogens with one attached hydrogen (secondary N) is 1. The van der Waals surface area contributed by atoms with E-state index < -0.39 is 0 Å². The first kappa shape index (κ1) is 17.5. The first-order chi connectivity index (χ1) is 12.0. The lowest BCUT2D eigenvalue weighted by molar-refractivity contribution is -0.119. The molecule has 2 aromatic rings. The van der Waals surface area contributed by atoms with E-state index in [-0.39, 0.29) is 18.1 Å². The first-order valence-electron chi connectivity index (χ1n) is 8.90. The number of amides is 1. The zero-order valence-electron chi connectivity index (χ0n) is 15.0. The van der Waals surface area contributed by atoms with Crippen LogP contribution in [0.3, 0.4) is 0 Å². The fourth-order valence-electron chi connectivity index (χ4n) is 3.06. The summed E-state index contributed by atoms with van der Waals surface area (Å²) in [5.41, 5.74) is 2.04. The highest BCUT2D eigenvalue weighted by molar-refractivity contribution is 5.73. The molecule has 2 heterocycles. The number of carbonyl (C=O) groups excluding carboxylic acids is 1. The number of aryl methyl sites for hydroxylation is 1. The summed E-state index contributed by atoms with van der Waals surface area (Å²) >= 11 is 0. The molecular weight excluding hydrogens is 318 g/mol. The van der Waals surface area contributed by atoms with Crippen LogP contribution in [-0.4, -0.2) is 22.2 Å². The Bertz CT molecular complexity index is 705. The number of pyridine rings is 1. The van der Waals surface area contributed by atoms with Gasteiger partial charge in [-0.3, -0.25) is 9.78 Å². The van der Waals surface area contributed by atoms with Gasteiger partial charge in [-0.25, -0.2) is 0 Å². The molecule has 1 amide bonds. The molecule has 25 heavy (non-hydrogen) atoms. The predicted octanol–water partition coefficient (Wildman–Crippen LogP) is 3.54. The van der Waals surface area contributed by atoms with Crippen molar-refractivity contribution in [3.05, 3.63) is 41.5 Å². The summed E-state index contributed by atoms with van der Waals surface area (Å²) in [5.74, 6) is 1.77. The van der Waals surface area contributed by atoms with Crippen LogP contribution in [-0.2, 0) is 11.2 Å². The van der Waals surface area contributed by atoms with Gasteiger partial charge in [-0.05, 0) is 38.3 Å². The third-order valence-corrected chi connectivity index (χ3v) is 4.51. The maximum Gasteiger partial charge on any atom is 0.217 e. The Kier molecular flexibility index (Phi) is 5.36. The summed E-state index contributed by atoms with van der Waals surface area (Å²) in [6.07, 6.45) is 5.92. The third kappa shape index (κ3) is 4.38. The fraction of sp³-hybridized carbons (Fsp3) is 0.526. The van der Waals surface area contributed by atoms with Crippen molar-refractivity contribution in [1.82, 2.24) is 15.5 Å². The summed E-state index contributed by atoms with van der Waals surface area (Å²) in [6.45, 7) is 5.52. The molecule has 1 saturated carbocycles. The Morgan fingerprint density at radius 2 is 2.24 bits per heavy atom. The van der Waals surface area contributed by atoms with E-state index in [4.69, 9.17) is 9.26 Å². The highest BCUT2D eigenvalue weighted by atomic mass is 16.5. The number of hydrogen-bond acceptors (Lipinski definition) is 5. The molecule has 0 saturated heterocycles. The van der Waals surface area contributed by atoms with Gasteiger partial charge in [0.15, 0.2) is 5.76 Å². The topological polar surface area (TPSA) is 77.2 Å². The summed E-state index contributed by atoms with van der Waals surface area (Å²) in [6, 6.07) is 5.79. The van der Waals surface area contributed by atoms with Gasteiger partial charge in [0, 0.05) is 24.6 Å². The van der Waals surface area contributed by atoms with E-state index in [9.17, 15) is 4.79 Å². The number of rotatable bonds is 7. The fourth-order valence-corrected chi connectivity index (χ4v) is 3.06. The van der Waals surface area contributed by atoms with E-state index in [0.717, 1.165) is 42.8 Å². The quantitative estimate of drug-likeness (QED) is 0.832. The molecular formula is C19H25N3O3. The molecule has 6 nitrogen and oxygen atoms in total. The molecule has 0 radical (unpaired) electrons. The number of ether oxygens (including phenoxy) is 1. The van der Waals surface area contributed by atoms with Gasteiger partial charge >= 0.3 is 0 Å². The van der Waals surface area contributed by atoms with Gasteiger partial charge in [0.05, 0.1) is 17.9 Å². The van der Waals surface area contributed by atoms with Crippen molar-refractivity contribution in [1.29, 1.82) is 0 Å². The van der Waals surface area contributed by atoms with Crippen LogP contribution in [0.4, 0.5) is 0 Å². The maximum atomic E-state index is 11.1. The number of carbonyl (C=O) groups is 1. The minimum absolute atomic E-state index is 0.0823. The molecule has 134 valence electrons.